The molecule has 2 aromatic rings. The number of carbonyl (C=O) groups excluding carboxylic acids is 2. The van der Waals surface area contributed by atoms with Crippen molar-refractivity contribution in [2.45, 2.75) is 43.8 Å². The van der Waals surface area contributed by atoms with Gasteiger partial charge in [0, 0.05) is 29.4 Å². The Balaban J connectivity index is 1.41. The Morgan fingerprint density at radius 2 is 2.07 bits per heavy atom. The monoisotopic (exact) mass is 405 g/mol. The summed E-state index contributed by atoms with van der Waals surface area (Å²) in [6.45, 7) is 1.62. The van der Waals surface area contributed by atoms with Crippen LogP contribution in [0.4, 0.5) is 5.69 Å². The second kappa shape index (κ2) is 6.25. The molecule has 8 nitrogen and oxygen atoms in total. The van der Waals surface area contributed by atoms with Gasteiger partial charge in [0.25, 0.3) is 5.56 Å². The summed E-state index contributed by atoms with van der Waals surface area (Å²) in [5.74, 6) is -0.530. The van der Waals surface area contributed by atoms with Crippen LogP contribution in [0.1, 0.15) is 36.1 Å². The lowest BCUT2D eigenvalue weighted by molar-refractivity contribution is -0.145. The zero-order valence-electron chi connectivity index (χ0n) is 16.6. The van der Waals surface area contributed by atoms with Crippen molar-refractivity contribution in [2.75, 3.05) is 18.4 Å². The van der Waals surface area contributed by atoms with Crippen LogP contribution in [0, 0.1) is 5.92 Å². The molecule has 0 unspecified atom stereocenters. The number of para-hydroxylation sites is 1. The van der Waals surface area contributed by atoms with Crippen molar-refractivity contribution in [2.24, 2.45) is 5.92 Å². The predicted octanol–water partition coefficient (Wildman–Crippen LogP) is 0.986. The van der Waals surface area contributed by atoms with Gasteiger partial charge in [0.2, 0.25) is 11.8 Å². The van der Waals surface area contributed by atoms with E-state index in [1.807, 2.05) is 24.3 Å². The maximum absolute atomic E-state index is 13.8. The van der Waals surface area contributed by atoms with Crippen molar-refractivity contribution in [1.29, 1.82) is 0 Å². The van der Waals surface area contributed by atoms with E-state index in [2.05, 4.69) is 20.2 Å². The molecule has 8 heteroatoms. The van der Waals surface area contributed by atoms with Crippen molar-refractivity contribution < 1.29 is 9.59 Å². The third-order valence-corrected chi connectivity index (χ3v) is 7.39. The van der Waals surface area contributed by atoms with Crippen LogP contribution in [0.25, 0.3) is 0 Å². The molecule has 1 aromatic carbocycles. The SMILES string of the molecule is O=C([C@H]1C[C@H]2CCCN2[C@]12C(=O)Nc1ccccc12)N1CCc2c(nc[nH]c2=O)C1. The highest BCUT2D eigenvalue weighted by Gasteiger charge is 2.65. The maximum atomic E-state index is 13.8. The zero-order valence-corrected chi connectivity index (χ0v) is 16.6. The number of nitrogens with zero attached hydrogens (tertiary/aromatic N) is 3. The van der Waals surface area contributed by atoms with Gasteiger partial charge in [-0.3, -0.25) is 19.3 Å². The van der Waals surface area contributed by atoms with E-state index in [1.54, 1.807) is 4.90 Å². The first kappa shape index (κ1) is 17.8. The standard InChI is InChI=1S/C22H23N5O3/c28-19-14-7-9-26(11-18(14)23-12-24-19)20(29)16-10-13-4-3-8-27(13)22(16)15-5-1-2-6-17(15)25-21(22)30/h1-2,5-6,12-13,16H,3-4,7-11H2,(H,25,30)(H,23,24,28)/t13-,16-,22+/m1/s1. The average Bonchev–Trinajstić information content (AvgIpc) is 3.42. The van der Waals surface area contributed by atoms with Crippen molar-refractivity contribution in [1.82, 2.24) is 19.8 Å². The van der Waals surface area contributed by atoms with Gasteiger partial charge in [-0.25, -0.2) is 4.98 Å². The lowest BCUT2D eigenvalue weighted by Gasteiger charge is -2.39. The summed E-state index contributed by atoms with van der Waals surface area (Å²) < 4.78 is 0. The number of anilines is 1. The van der Waals surface area contributed by atoms with Gasteiger partial charge in [-0.05, 0) is 38.3 Å². The number of amides is 2. The molecule has 4 aliphatic heterocycles. The minimum absolute atomic E-state index is 0.0102. The lowest BCUT2D eigenvalue weighted by Crippen LogP contribution is -2.55. The van der Waals surface area contributed by atoms with Gasteiger partial charge in [0.1, 0.15) is 5.54 Å². The first-order chi connectivity index (χ1) is 14.6. The second-order valence-electron chi connectivity index (χ2n) is 8.71. The number of hydrogen-bond acceptors (Lipinski definition) is 5. The van der Waals surface area contributed by atoms with Gasteiger partial charge in [0.15, 0.2) is 0 Å². The largest absolute Gasteiger partial charge is 0.336 e. The molecular formula is C22H23N5O3. The highest BCUT2D eigenvalue weighted by Crippen LogP contribution is 2.55. The Kier molecular flexibility index (Phi) is 3.71. The Bertz CT molecular complexity index is 1130. The van der Waals surface area contributed by atoms with E-state index < -0.39 is 11.5 Å². The summed E-state index contributed by atoms with van der Waals surface area (Å²) in [7, 11) is 0. The number of H-pyrrole nitrogens is 1. The molecular weight excluding hydrogens is 382 g/mol. The predicted molar refractivity (Wildman–Crippen MR) is 109 cm³/mol. The number of nitrogens with one attached hydrogen (secondary N) is 2. The highest BCUT2D eigenvalue weighted by atomic mass is 16.2. The Labute approximate surface area is 173 Å². The van der Waals surface area contributed by atoms with E-state index >= 15 is 0 Å². The molecule has 4 aliphatic rings. The molecule has 0 aliphatic carbocycles. The summed E-state index contributed by atoms with van der Waals surface area (Å²) in [6.07, 6.45) is 4.63. The third kappa shape index (κ3) is 2.19. The number of carbonyl (C=O) groups is 2. The Hall–Kier alpha value is -3.00. The number of fused-ring (bicyclic) bond motifs is 5. The number of rotatable bonds is 1. The summed E-state index contributed by atoms with van der Waals surface area (Å²) in [6, 6.07) is 8.00. The number of benzene rings is 1. The van der Waals surface area contributed by atoms with Crippen LogP contribution in [0.5, 0.6) is 0 Å². The topological polar surface area (TPSA) is 98.4 Å². The van der Waals surface area contributed by atoms with Gasteiger partial charge in [-0.1, -0.05) is 18.2 Å². The van der Waals surface area contributed by atoms with Crippen LogP contribution >= 0.6 is 0 Å². The molecule has 5 heterocycles. The molecule has 2 fully saturated rings. The summed E-state index contributed by atoms with van der Waals surface area (Å²) in [5, 5.41) is 3.04. The molecule has 6 rings (SSSR count). The molecule has 30 heavy (non-hydrogen) atoms. The van der Waals surface area contributed by atoms with Gasteiger partial charge in [-0.15, -0.1) is 0 Å². The first-order valence-electron chi connectivity index (χ1n) is 10.6. The van der Waals surface area contributed by atoms with Crippen molar-refractivity contribution in [3.63, 3.8) is 0 Å². The van der Waals surface area contributed by atoms with E-state index in [-0.39, 0.29) is 23.4 Å². The smallest absolute Gasteiger partial charge is 0.254 e. The fourth-order valence-electron chi connectivity index (χ4n) is 6.14. The Morgan fingerprint density at radius 3 is 2.97 bits per heavy atom. The number of aromatic nitrogens is 2. The van der Waals surface area contributed by atoms with Crippen molar-refractivity contribution >= 4 is 17.5 Å². The van der Waals surface area contributed by atoms with Gasteiger partial charge >= 0.3 is 0 Å². The maximum Gasteiger partial charge on any atom is 0.254 e. The zero-order chi connectivity index (χ0) is 20.5. The summed E-state index contributed by atoms with van der Waals surface area (Å²) in [5.41, 5.74) is 1.98. The number of hydrogen-bond donors (Lipinski definition) is 2. The van der Waals surface area contributed by atoms with Crippen LogP contribution in [0.2, 0.25) is 0 Å². The molecule has 2 N–H and O–H groups in total. The molecule has 2 amide bonds. The van der Waals surface area contributed by atoms with E-state index in [4.69, 9.17) is 0 Å². The fourth-order valence-corrected chi connectivity index (χ4v) is 6.14. The minimum Gasteiger partial charge on any atom is -0.336 e. The summed E-state index contributed by atoms with van der Waals surface area (Å²) in [4.78, 5) is 50.3. The van der Waals surface area contributed by atoms with Crippen molar-refractivity contribution in [3.8, 4) is 0 Å². The second-order valence-corrected chi connectivity index (χ2v) is 8.71. The van der Waals surface area contributed by atoms with E-state index in [0.717, 1.165) is 30.6 Å². The molecule has 1 aromatic heterocycles. The molecule has 0 saturated carbocycles. The molecule has 2 saturated heterocycles. The average molecular weight is 405 g/mol. The van der Waals surface area contributed by atoms with Crippen LogP contribution < -0.4 is 10.9 Å². The quantitative estimate of drug-likeness (QED) is 0.737. The number of aromatic amines is 1. The van der Waals surface area contributed by atoms with Crippen LogP contribution in [0.15, 0.2) is 35.4 Å². The minimum atomic E-state index is -0.934. The van der Waals surface area contributed by atoms with E-state index in [9.17, 15) is 14.4 Å². The van der Waals surface area contributed by atoms with Crippen LogP contribution in [-0.2, 0) is 28.1 Å². The van der Waals surface area contributed by atoms with Crippen molar-refractivity contribution in [3.05, 3.63) is 57.8 Å². The molecule has 0 bridgehead atoms. The van der Waals surface area contributed by atoms with Crippen LogP contribution in [0.3, 0.4) is 0 Å². The van der Waals surface area contributed by atoms with Gasteiger partial charge in [0.05, 0.1) is 24.5 Å². The molecule has 154 valence electrons. The molecule has 3 atom stereocenters. The van der Waals surface area contributed by atoms with Gasteiger partial charge in [-0.2, -0.15) is 0 Å². The Morgan fingerprint density at radius 1 is 1.20 bits per heavy atom. The third-order valence-electron chi connectivity index (χ3n) is 7.39. The van der Waals surface area contributed by atoms with E-state index in [0.29, 0.717) is 37.2 Å². The van der Waals surface area contributed by atoms with Gasteiger partial charge < -0.3 is 15.2 Å². The first-order valence-corrected chi connectivity index (χ1v) is 10.6. The fraction of sp³-hybridized carbons (Fsp3) is 0.455. The highest BCUT2D eigenvalue weighted by molar-refractivity contribution is 6.09. The molecule has 0 radical (unpaired) electrons. The summed E-state index contributed by atoms with van der Waals surface area (Å²) >= 11 is 0. The van der Waals surface area contributed by atoms with E-state index in [1.165, 1.54) is 6.33 Å². The molecule has 1 spiro atoms. The normalized spacial score (nSPS) is 29.6. The van der Waals surface area contributed by atoms with Crippen LogP contribution in [-0.4, -0.2) is 50.7 Å². The lowest BCUT2D eigenvalue weighted by atomic mass is 9.77.